The first-order chi connectivity index (χ1) is 11.7. The van der Waals surface area contributed by atoms with Crippen molar-refractivity contribution in [1.29, 1.82) is 5.41 Å². The zero-order chi connectivity index (χ0) is 16.9. The second-order valence-electron chi connectivity index (χ2n) is 6.98. The van der Waals surface area contributed by atoms with E-state index in [0.29, 0.717) is 18.0 Å². The van der Waals surface area contributed by atoms with Gasteiger partial charge >= 0.3 is 0 Å². The molecule has 1 saturated heterocycles. The highest BCUT2D eigenvalue weighted by Crippen LogP contribution is 2.38. The highest BCUT2D eigenvalue weighted by molar-refractivity contribution is 5.67. The van der Waals surface area contributed by atoms with Crippen LogP contribution < -0.4 is 11.1 Å². The van der Waals surface area contributed by atoms with E-state index in [1.807, 2.05) is 18.3 Å². The smallest absolute Gasteiger partial charge is 0.123 e. The highest BCUT2D eigenvalue weighted by atomic mass is 19.1. The van der Waals surface area contributed by atoms with E-state index in [9.17, 15) is 4.39 Å². The number of nitrogens with zero attached hydrogens (tertiary/aromatic N) is 1. The molecule has 1 aliphatic carbocycles. The Hall–Kier alpha value is -1.72. The molecule has 0 spiro atoms. The summed E-state index contributed by atoms with van der Waals surface area (Å²) < 4.78 is 13.2. The molecule has 0 amide bonds. The van der Waals surface area contributed by atoms with Crippen LogP contribution in [0.15, 0.2) is 36.5 Å². The van der Waals surface area contributed by atoms with E-state index in [1.54, 1.807) is 18.2 Å². The fourth-order valence-corrected chi connectivity index (χ4v) is 4.17. The average Bonchev–Trinajstić information content (AvgIpc) is 3.00. The van der Waals surface area contributed by atoms with E-state index < -0.39 is 0 Å². The van der Waals surface area contributed by atoms with Gasteiger partial charge in [0.15, 0.2) is 0 Å². The number of halogens is 1. The van der Waals surface area contributed by atoms with Crippen molar-refractivity contribution in [3.63, 3.8) is 0 Å². The van der Waals surface area contributed by atoms with Gasteiger partial charge in [0.2, 0.25) is 0 Å². The van der Waals surface area contributed by atoms with Gasteiger partial charge in [0, 0.05) is 30.9 Å². The number of hydrogen-bond donors (Lipinski definition) is 3. The predicted octanol–water partition coefficient (Wildman–Crippen LogP) is 2.62. The molecular weight excluding hydrogens is 303 g/mol. The van der Waals surface area contributed by atoms with Crippen LogP contribution >= 0.6 is 0 Å². The van der Waals surface area contributed by atoms with Crippen LogP contribution in [0.5, 0.6) is 0 Å². The number of rotatable bonds is 5. The van der Waals surface area contributed by atoms with Crippen LogP contribution in [0, 0.1) is 11.2 Å². The van der Waals surface area contributed by atoms with Gasteiger partial charge in [-0.3, -0.25) is 4.90 Å². The third kappa shape index (κ3) is 4.02. The monoisotopic (exact) mass is 330 g/mol. The third-order valence-electron chi connectivity index (χ3n) is 5.33. The Morgan fingerprint density at radius 1 is 1.25 bits per heavy atom. The highest BCUT2D eigenvalue weighted by Gasteiger charge is 2.39. The molecule has 1 heterocycles. The van der Waals surface area contributed by atoms with Gasteiger partial charge in [-0.2, -0.15) is 0 Å². The van der Waals surface area contributed by atoms with Gasteiger partial charge in [-0.1, -0.05) is 12.1 Å². The van der Waals surface area contributed by atoms with Gasteiger partial charge in [0.25, 0.3) is 0 Å². The van der Waals surface area contributed by atoms with Gasteiger partial charge in [0.05, 0.1) is 0 Å². The Balaban J connectivity index is 1.74. The molecule has 5 heteroatoms. The second-order valence-corrected chi connectivity index (χ2v) is 6.98. The molecule has 2 aliphatic rings. The molecule has 24 heavy (non-hydrogen) atoms. The maximum Gasteiger partial charge on any atom is 0.123 e. The first-order valence-electron chi connectivity index (χ1n) is 8.84. The number of allylic oxidation sites excluding steroid dienone is 1. The van der Waals surface area contributed by atoms with E-state index in [0.717, 1.165) is 38.8 Å². The summed E-state index contributed by atoms with van der Waals surface area (Å²) in [7, 11) is 0. The molecule has 4 N–H and O–H groups in total. The minimum absolute atomic E-state index is 0.182. The van der Waals surface area contributed by atoms with E-state index in [2.05, 4.69) is 10.2 Å². The van der Waals surface area contributed by atoms with Gasteiger partial charge < -0.3 is 16.5 Å². The first-order valence-corrected chi connectivity index (χ1v) is 8.84. The van der Waals surface area contributed by atoms with Crippen molar-refractivity contribution in [3.8, 4) is 0 Å². The maximum absolute atomic E-state index is 13.2. The largest absolute Gasteiger partial charge is 0.387 e. The number of piperidine rings is 1. The first kappa shape index (κ1) is 17.1. The lowest BCUT2D eigenvalue weighted by Gasteiger charge is -2.38. The molecular formula is C19H27FN4. The van der Waals surface area contributed by atoms with Gasteiger partial charge in [-0.25, -0.2) is 4.39 Å². The minimum atomic E-state index is -0.182. The SMILES string of the molecule is N=C/C=C\NC1CC(c2ccc(F)cc2)CC1N1CCCC(N)C1. The molecule has 0 bridgehead atoms. The third-order valence-corrected chi connectivity index (χ3v) is 5.33. The van der Waals surface area contributed by atoms with Crippen molar-refractivity contribution < 1.29 is 4.39 Å². The number of hydrogen-bond acceptors (Lipinski definition) is 4. The summed E-state index contributed by atoms with van der Waals surface area (Å²) in [5.74, 6) is 0.249. The Bertz CT molecular complexity index is 571. The second kappa shape index (κ2) is 7.90. The fraction of sp³-hybridized carbons (Fsp3) is 0.526. The van der Waals surface area contributed by atoms with Crippen LogP contribution in [0.4, 0.5) is 4.39 Å². The molecule has 3 rings (SSSR count). The molecule has 0 radical (unpaired) electrons. The molecule has 1 aliphatic heterocycles. The average molecular weight is 330 g/mol. The minimum Gasteiger partial charge on any atom is -0.387 e. The summed E-state index contributed by atoms with van der Waals surface area (Å²) in [4.78, 5) is 2.52. The lowest BCUT2D eigenvalue weighted by Crippen LogP contribution is -2.52. The van der Waals surface area contributed by atoms with Crippen LogP contribution in [0.3, 0.4) is 0 Å². The number of nitrogens with one attached hydrogen (secondary N) is 2. The summed E-state index contributed by atoms with van der Waals surface area (Å²) in [6.45, 7) is 2.05. The van der Waals surface area contributed by atoms with Crippen LogP contribution in [0.2, 0.25) is 0 Å². The summed E-state index contributed by atoms with van der Waals surface area (Å²) in [6.07, 6.45) is 9.20. The van der Waals surface area contributed by atoms with Crippen molar-refractivity contribution >= 4 is 6.21 Å². The van der Waals surface area contributed by atoms with Crippen molar-refractivity contribution in [2.24, 2.45) is 5.73 Å². The number of nitrogens with two attached hydrogens (primary N) is 1. The van der Waals surface area contributed by atoms with Crippen molar-refractivity contribution in [2.75, 3.05) is 13.1 Å². The van der Waals surface area contributed by atoms with Crippen LogP contribution in [-0.2, 0) is 0 Å². The Morgan fingerprint density at radius 2 is 2.04 bits per heavy atom. The van der Waals surface area contributed by atoms with E-state index in [1.165, 1.54) is 11.8 Å². The number of benzene rings is 1. The van der Waals surface area contributed by atoms with Crippen molar-refractivity contribution in [3.05, 3.63) is 47.9 Å². The van der Waals surface area contributed by atoms with E-state index >= 15 is 0 Å². The Labute approximate surface area is 143 Å². The molecule has 4 atom stereocenters. The standard InChI is InChI=1S/C19H27FN4/c20-16-6-4-14(5-7-16)15-11-18(23-9-2-8-21)19(12-15)24-10-1-3-17(22)13-24/h2,4-9,15,17-19,21,23H,1,3,10-13,22H2/b9-2-,21-8?. The molecule has 0 aromatic heterocycles. The van der Waals surface area contributed by atoms with Crippen LogP contribution in [-0.4, -0.2) is 42.3 Å². The lowest BCUT2D eigenvalue weighted by molar-refractivity contribution is 0.135. The number of likely N-dealkylation sites (tertiary alicyclic amines) is 1. The summed E-state index contributed by atoms with van der Waals surface area (Å²) in [5, 5.41) is 10.6. The summed E-state index contributed by atoms with van der Waals surface area (Å²) in [5.41, 5.74) is 7.39. The topological polar surface area (TPSA) is 65.1 Å². The Kier molecular flexibility index (Phi) is 5.63. The molecule has 1 saturated carbocycles. The molecule has 2 fully saturated rings. The van der Waals surface area contributed by atoms with E-state index in [-0.39, 0.29) is 11.9 Å². The molecule has 130 valence electrons. The molecule has 1 aromatic carbocycles. The zero-order valence-electron chi connectivity index (χ0n) is 14.0. The molecule has 4 nitrogen and oxygen atoms in total. The summed E-state index contributed by atoms with van der Waals surface area (Å²) >= 11 is 0. The van der Waals surface area contributed by atoms with Crippen LogP contribution in [0.25, 0.3) is 0 Å². The van der Waals surface area contributed by atoms with Crippen molar-refractivity contribution in [2.45, 2.75) is 49.7 Å². The maximum atomic E-state index is 13.2. The zero-order valence-corrected chi connectivity index (χ0v) is 14.0. The van der Waals surface area contributed by atoms with Crippen LogP contribution in [0.1, 0.15) is 37.2 Å². The quantitative estimate of drug-likeness (QED) is 0.727. The lowest BCUT2D eigenvalue weighted by atomic mass is 9.97. The Morgan fingerprint density at radius 3 is 2.75 bits per heavy atom. The fourth-order valence-electron chi connectivity index (χ4n) is 4.17. The molecule has 1 aromatic rings. The van der Waals surface area contributed by atoms with Crippen molar-refractivity contribution in [1.82, 2.24) is 10.2 Å². The normalized spacial score (nSPS) is 31.4. The predicted molar refractivity (Wildman–Crippen MR) is 95.8 cm³/mol. The van der Waals surface area contributed by atoms with E-state index in [4.69, 9.17) is 11.1 Å². The summed E-state index contributed by atoms with van der Waals surface area (Å²) in [6, 6.07) is 7.96. The molecule has 4 unspecified atom stereocenters. The van der Waals surface area contributed by atoms with Gasteiger partial charge in [0.1, 0.15) is 5.82 Å². The van der Waals surface area contributed by atoms with Gasteiger partial charge in [-0.15, -0.1) is 0 Å². The van der Waals surface area contributed by atoms with Gasteiger partial charge in [-0.05, 0) is 68.1 Å².